The molecule has 3 nitrogen and oxygen atoms in total. The van der Waals surface area contributed by atoms with Crippen molar-refractivity contribution in [3.8, 4) is 0 Å². The average molecular weight is 304 g/mol. The van der Waals surface area contributed by atoms with Crippen LogP contribution in [-0.4, -0.2) is 11.1 Å². The quantitative estimate of drug-likeness (QED) is 0.853. The van der Waals surface area contributed by atoms with E-state index in [9.17, 15) is 4.79 Å². The number of benzene rings is 2. The first-order chi connectivity index (χ1) is 10.1. The van der Waals surface area contributed by atoms with Crippen LogP contribution >= 0.6 is 11.6 Å². The zero-order valence-electron chi connectivity index (χ0n) is 11.8. The smallest absolute Gasteiger partial charge is 0.307 e. The molecule has 1 unspecified atom stereocenters. The fourth-order valence-electron chi connectivity index (χ4n) is 2.16. The minimum absolute atomic E-state index is 0.0593. The third-order valence-corrected chi connectivity index (χ3v) is 3.71. The van der Waals surface area contributed by atoms with E-state index in [0.717, 1.165) is 21.7 Å². The second-order valence-electron chi connectivity index (χ2n) is 5.01. The van der Waals surface area contributed by atoms with E-state index >= 15 is 0 Å². The van der Waals surface area contributed by atoms with Crippen molar-refractivity contribution in [3.63, 3.8) is 0 Å². The normalized spacial score (nSPS) is 12.1. The highest BCUT2D eigenvalue weighted by Gasteiger charge is 2.08. The molecule has 0 heterocycles. The molecular formula is C17H18ClNO2. The minimum Gasteiger partial charge on any atom is -0.481 e. The molecule has 110 valence electrons. The van der Waals surface area contributed by atoms with Crippen molar-refractivity contribution < 1.29 is 9.90 Å². The molecule has 0 aliphatic heterocycles. The monoisotopic (exact) mass is 303 g/mol. The lowest BCUT2D eigenvalue weighted by Crippen LogP contribution is -2.18. The van der Waals surface area contributed by atoms with Gasteiger partial charge < -0.3 is 10.4 Å². The number of aliphatic carboxylic acids is 1. The molecule has 0 bridgehead atoms. The molecule has 2 aromatic carbocycles. The number of halogens is 1. The van der Waals surface area contributed by atoms with Crippen molar-refractivity contribution in [2.24, 2.45) is 0 Å². The van der Waals surface area contributed by atoms with Crippen molar-refractivity contribution in [2.45, 2.75) is 25.9 Å². The Morgan fingerprint density at radius 2 is 1.76 bits per heavy atom. The van der Waals surface area contributed by atoms with Gasteiger partial charge in [-0.25, -0.2) is 0 Å². The van der Waals surface area contributed by atoms with Crippen molar-refractivity contribution in [3.05, 3.63) is 70.2 Å². The summed E-state index contributed by atoms with van der Waals surface area (Å²) in [6.45, 7) is 2.78. The predicted molar refractivity (Wildman–Crippen MR) is 84.5 cm³/mol. The fraction of sp³-hybridized carbons (Fsp3) is 0.235. The average Bonchev–Trinajstić information content (AvgIpc) is 2.46. The van der Waals surface area contributed by atoms with Crippen LogP contribution in [0.1, 0.15) is 29.7 Å². The van der Waals surface area contributed by atoms with Crippen LogP contribution in [0.3, 0.4) is 0 Å². The highest BCUT2D eigenvalue weighted by molar-refractivity contribution is 6.31. The van der Waals surface area contributed by atoms with E-state index in [2.05, 4.69) is 12.2 Å². The Labute approximate surface area is 129 Å². The van der Waals surface area contributed by atoms with Crippen molar-refractivity contribution in [2.75, 3.05) is 0 Å². The lowest BCUT2D eigenvalue weighted by atomic mass is 10.1. The SMILES string of the molecule is CC(NCc1ccc(CC(=O)O)cc1)c1ccccc1Cl. The Bertz CT molecular complexity index is 610. The van der Waals surface area contributed by atoms with E-state index in [-0.39, 0.29) is 12.5 Å². The highest BCUT2D eigenvalue weighted by Crippen LogP contribution is 2.22. The fourth-order valence-corrected chi connectivity index (χ4v) is 2.46. The molecule has 0 aromatic heterocycles. The van der Waals surface area contributed by atoms with Gasteiger partial charge in [0.05, 0.1) is 6.42 Å². The van der Waals surface area contributed by atoms with E-state index < -0.39 is 5.97 Å². The Kier molecular flexibility index (Phi) is 5.37. The molecule has 2 rings (SSSR count). The van der Waals surface area contributed by atoms with Crippen LogP contribution in [0.5, 0.6) is 0 Å². The predicted octanol–water partition coefficient (Wildman–Crippen LogP) is 3.82. The summed E-state index contributed by atoms with van der Waals surface area (Å²) in [5.74, 6) is -0.812. The largest absolute Gasteiger partial charge is 0.481 e. The summed E-state index contributed by atoms with van der Waals surface area (Å²) in [6, 6.07) is 15.5. The van der Waals surface area contributed by atoms with E-state index in [1.165, 1.54) is 0 Å². The summed E-state index contributed by atoms with van der Waals surface area (Å²) in [6.07, 6.45) is 0.0593. The topological polar surface area (TPSA) is 49.3 Å². The maximum absolute atomic E-state index is 10.6. The van der Waals surface area contributed by atoms with E-state index in [4.69, 9.17) is 16.7 Å². The Morgan fingerprint density at radius 1 is 1.14 bits per heavy atom. The van der Waals surface area contributed by atoms with Crippen molar-refractivity contribution in [1.29, 1.82) is 0 Å². The summed E-state index contributed by atoms with van der Waals surface area (Å²) < 4.78 is 0. The van der Waals surface area contributed by atoms with Crippen LogP contribution in [0, 0.1) is 0 Å². The van der Waals surface area contributed by atoms with Gasteiger partial charge in [0.15, 0.2) is 0 Å². The maximum Gasteiger partial charge on any atom is 0.307 e. The molecule has 4 heteroatoms. The Balaban J connectivity index is 1.94. The molecule has 0 amide bonds. The molecule has 0 saturated heterocycles. The number of carboxylic acid groups (broad SMARTS) is 1. The molecule has 21 heavy (non-hydrogen) atoms. The van der Waals surface area contributed by atoms with E-state index in [0.29, 0.717) is 6.54 Å². The van der Waals surface area contributed by atoms with E-state index in [1.54, 1.807) is 0 Å². The summed E-state index contributed by atoms with van der Waals surface area (Å²) in [4.78, 5) is 10.6. The number of hydrogen-bond acceptors (Lipinski definition) is 2. The lowest BCUT2D eigenvalue weighted by molar-refractivity contribution is -0.136. The standard InChI is InChI=1S/C17H18ClNO2/c1-12(15-4-2-3-5-16(15)18)19-11-14-8-6-13(7-9-14)10-17(20)21/h2-9,12,19H,10-11H2,1H3,(H,20,21). The second-order valence-corrected chi connectivity index (χ2v) is 5.42. The van der Waals surface area contributed by atoms with Gasteiger partial charge in [0, 0.05) is 17.6 Å². The maximum atomic E-state index is 10.6. The van der Waals surface area contributed by atoms with Crippen molar-refractivity contribution >= 4 is 17.6 Å². The van der Waals surface area contributed by atoms with Crippen LogP contribution in [0.2, 0.25) is 5.02 Å². The number of carboxylic acids is 1. The number of nitrogens with one attached hydrogen (secondary N) is 1. The van der Waals surface area contributed by atoms with Gasteiger partial charge >= 0.3 is 5.97 Å². The molecule has 0 spiro atoms. The molecule has 0 saturated carbocycles. The van der Waals surface area contributed by atoms with E-state index in [1.807, 2.05) is 48.5 Å². The van der Waals surface area contributed by atoms with Crippen LogP contribution in [0.4, 0.5) is 0 Å². The third kappa shape index (κ3) is 4.59. The van der Waals surface area contributed by atoms with Gasteiger partial charge in [-0.3, -0.25) is 4.79 Å². The first-order valence-electron chi connectivity index (χ1n) is 6.83. The molecule has 2 aromatic rings. The number of hydrogen-bond donors (Lipinski definition) is 2. The first kappa shape index (κ1) is 15.5. The van der Waals surface area contributed by atoms with Crippen LogP contribution < -0.4 is 5.32 Å². The van der Waals surface area contributed by atoms with Gasteiger partial charge in [-0.2, -0.15) is 0 Å². The van der Waals surface area contributed by atoms with Gasteiger partial charge in [-0.05, 0) is 29.7 Å². The summed E-state index contributed by atoms with van der Waals surface area (Å²) in [5, 5.41) is 12.9. The van der Waals surface area contributed by atoms with Gasteiger partial charge in [0.25, 0.3) is 0 Å². The van der Waals surface area contributed by atoms with Gasteiger partial charge in [0.1, 0.15) is 0 Å². The summed E-state index contributed by atoms with van der Waals surface area (Å²) >= 11 is 6.17. The zero-order chi connectivity index (χ0) is 15.2. The van der Waals surface area contributed by atoms with Crippen molar-refractivity contribution in [1.82, 2.24) is 5.32 Å². The van der Waals surface area contributed by atoms with Crippen LogP contribution in [-0.2, 0) is 17.8 Å². The minimum atomic E-state index is -0.812. The molecule has 0 fully saturated rings. The Hall–Kier alpha value is -1.84. The molecule has 1 atom stereocenters. The molecule has 0 aliphatic rings. The van der Waals surface area contributed by atoms with Gasteiger partial charge in [-0.15, -0.1) is 0 Å². The zero-order valence-corrected chi connectivity index (χ0v) is 12.6. The van der Waals surface area contributed by atoms with Gasteiger partial charge in [0.2, 0.25) is 0 Å². The third-order valence-electron chi connectivity index (χ3n) is 3.36. The Morgan fingerprint density at radius 3 is 2.38 bits per heavy atom. The second kappa shape index (κ2) is 7.25. The first-order valence-corrected chi connectivity index (χ1v) is 7.21. The molecular weight excluding hydrogens is 286 g/mol. The summed E-state index contributed by atoms with van der Waals surface area (Å²) in [5.41, 5.74) is 3.00. The van der Waals surface area contributed by atoms with Crippen LogP contribution in [0.25, 0.3) is 0 Å². The molecule has 2 N–H and O–H groups in total. The lowest BCUT2D eigenvalue weighted by Gasteiger charge is -2.15. The number of carbonyl (C=O) groups is 1. The summed E-state index contributed by atoms with van der Waals surface area (Å²) in [7, 11) is 0. The van der Waals surface area contributed by atoms with Crippen LogP contribution in [0.15, 0.2) is 48.5 Å². The number of rotatable bonds is 6. The molecule has 0 radical (unpaired) electrons. The highest BCUT2D eigenvalue weighted by atomic mass is 35.5. The van der Waals surface area contributed by atoms with Gasteiger partial charge in [-0.1, -0.05) is 54.1 Å². The molecule has 0 aliphatic carbocycles.